The minimum Gasteiger partial charge on any atom is -0.369 e. The molecular formula is C47H31N5O2. The van der Waals surface area contributed by atoms with Crippen LogP contribution in [0.5, 0.6) is 0 Å². The highest BCUT2D eigenvalue weighted by molar-refractivity contribution is 6.16. The van der Waals surface area contributed by atoms with Gasteiger partial charge in [-0.3, -0.25) is 9.69 Å². The first kappa shape index (κ1) is 31.5. The molecule has 1 aliphatic heterocycles. The summed E-state index contributed by atoms with van der Waals surface area (Å²) < 4.78 is 2.12. The highest BCUT2D eigenvalue weighted by Gasteiger charge is 2.39. The van der Waals surface area contributed by atoms with Crippen LogP contribution in [-0.4, -0.2) is 30.5 Å². The van der Waals surface area contributed by atoms with Gasteiger partial charge in [-0.1, -0.05) is 133 Å². The fraction of sp³-hybridized carbons (Fsp3) is 0.0213. The molecule has 1 atom stereocenters. The lowest BCUT2D eigenvalue weighted by molar-refractivity contribution is 0.0935. The Bertz CT molecular complexity index is 2810. The minimum atomic E-state index is -1.14. The number of para-hydroxylation sites is 1. The fourth-order valence-electron chi connectivity index (χ4n) is 7.60. The number of carbonyl (C=O) groups excluding carboxylic acids is 1. The van der Waals surface area contributed by atoms with Gasteiger partial charge in [0.25, 0.3) is 5.91 Å². The summed E-state index contributed by atoms with van der Waals surface area (Å²) in [7, 11) is 0. The number of nitrogens with zero attached hydrogens (tertiary/aromatic N) is 5. The zero-order valence-corrected chi connectivity index (χ0v) is 28.9. The number of aliphatic hydroxyl groups is 1. The molecule has 0 bridgehead atoms. The van der Waals surface area contributed by atoms with Crippen molar-refractivity contribution in [3.8, 4) is 51.0 Å². The van der Waals surface area contributed by atoms with E-state index in [2.05, 4.69) is 28.8 Å². The Labute approximate surface area is 311 Å². The predicted molar refractivity (Wildman–Crippen MR) is 214 cm³/mol. The van der Waals surface area contributed by atoms with Crippen LogP contribution in [0.25, 0.3) is 72.8 Å². The first-order valence-corrected chi connectivity index (χ1v) is 17.8. The van der Waals surface area contributed by atoms with Crippen molar-refractivity contribution < 1.29 is 9.90 Å². The summed E-state index contributed by atoms with van der Waals surface area (Å²) in [5.74, 6) is 1.50. The topological polar surface area (TPSA) is 84.1 Å². The molecule has 7 nitrogen and oxygen atoms in total. The summed E-state index contributed by atoms with van der Waals surface area (Å²) in [6, 6.07) is 57.8. The molecule has 1 unspecified atom stereocenters. The Morgan fingerprint density at radius 2 is 1.02 bits per heavy atom. The van der Waals surface area contributed by atoms with E-state index in [1.54, 1.807) is 0 Å². The zero-order valence-electron chi connectivity index (χ0n) is 28.9. The van der Waals surface area contributed by atoms with Gasteiger partial charge in [0.2, 0.25) is 0 Å². The highest BCUT2D eigenvalue weighted by Crippen LogP contribution is 2.42. The number of aromatic nitrogens is 4. The van der Waals surface area contributed by atoms with Crippen molar-refractivity contribution >= 4 is 33.4 Å². The van der Waals surface area contributed by atoms with Gasteiger partial charge in [-0.15, -0.1) is 0 Å². The van der Waals surface area contributed by atoms with Gasteiger partial charge in [-0.25, -0.2) is 15.0 Å². The van der Waals surface area contributed by atoms with Crippen LogP contribution in [0.2, 0.25) is 0 Å². The quantitative estimate of drug-likeness (QED) is 0.187. The van der Waals surface area contributed by atoms with Crippen molar-refractivity contribution in [2.75, 3.05) is 4.90 Å². The third kappa shape index (κ3) is 5.18. The van der Waals surface area contributed by atoms with E-state index < -0.39 is 6.23 Å². The van der Waals surface area contributed by atoms with Gasteiger partial charge < -0.3 is 9.67 Å². The number of aliphatic hydroxyl groups excluding tert-OH is 1. The second-order valence-corrected chi connectivity index (χ2v) is 13.3. The van der Waals surface area contributed by atoms with Crippen LogP contribution >= 0.6 is 0 Å². The summed E-state index contributed by atoms with van der Waals surface area (Å²) in [5.41, 5.74) is 8.88. The normalized spacial score (nSPS) is 13.8. The van der Waals surface area contributed by atoms with Gasteiger partial charge in [0, 0.05) is 38.7 Å². The molecule has 54 heavy (non-hydrogen) atoms. The molecule has 0 saturated heterocycles. The smallest absolute Gasteiger partial charge is 0.263 e. The SMILES string of the molecule is O=C1c2c(cccc2-n2c3ccccc3c3cc(-c4nc(-c5ccccc5)nc(-c5ccccc5)n4)ccc32)C(O)N1c1cccc(-c2ccccc2)c1. The number of rotatable bonds is 6. The Hall–Kier alpha value is -7.22. The molecule has 10 rings (SSSR count). The number of carbonyl (C=O) groups is 1. The Balaban J connectivity index is 1.11. The summed E-state index contributed by atoms with van der Waals surface area (Å²) in [5, 5.41) is 13.7. The molecule has 1 amide bonds. The molecule has 256 valence electrons. The second kappa shape index (κ2) is 12.8. The van der Waals surface area contributed by atoms with Gasteiger partial charge in [-0.2, -0.15) is 0 Å². The van der Waals surface area contributed by atoms with Crippen LogP contribution in [0.4, 0.5) is 5.69 Å². The van der Waals surface area contributed by atoms with Crippen LogP contribution in [0.3, 0.4) is 0 Å². The van der Waals surface area contributed by atoms with Gasteiger partial charge >= 0.3 is 0 Å². The van der Waals surface area contributed by atoms with E-state index in [0.717, 1.165) is 49.6 Å². The van der Waals surface area contributed by atoms with Crippen molar-refractivity contribution in [1.82, 2.24) is 19.5 Å². The van der Waals surface area contributed by atoms with E-state index in [-0.39, 0.29) is 5.91 Å². The highest BCUT2D eigenvalue weighted by atomic mass is 16.3. The van der Waals surface area contributed by atoms with Crippen LogP contribution in [-0.2, 0) is 0 Å². The summed E-state index contributed by atoms with van der Waals surface area (Å²) >= 11 is 0. The van der Waals surface area contributed by atoms with Crippen LogP contribution in [0.1, 0.15) is 22.1 Å². The van der Waals surface area contributed by atoms with E-state index in [4.69, 9.17) is 15.0 Å². The molecule has 0 radical (unpaired) electrons. The molecule has 0 fully saturated rings. The first-order chi connectivity index (χ1) is 26.6. The van der Waals surface area contributed by atoms with E-state index in [0.29, 0.717) is 40.0 Å². The van der Waals surface area contributed by atoms with Gasteiger partial charge in [0.1, 0.15) is 0 Å². The summed E-state index contributed by atoms with van der Waals surface area (Å²) in [6.07, 6.45) is -1.14. The molecule has 1 aliphatic rings. The van der Waals surface area contributed by atoms with Crippen molar-refractivity contribution in [3.63, 3.8) is 0 Å². The molecule has 0 saturated carbocycles. The second-order valence-electron chi connectivity index (χ2n) is 13.3. The van der Waals surface area contributed by atoms with Crippen LogP contribution in [0, 0.1) is 0 Å². The Morgan fingerprint density at radius 3 is 1.70 bits per heavy atom. The van der Waals surface area contributed by atoms with E-state index in [1.165, 1.54) is 4.90 Å². The van der Waals surface area contributed by atoms with E-state index in [1.807, 2.05) is 152 Å². The molecule has 0 spiro atoms. The lowest BCUT2D eigenvalue weighted by atomic mass is 10.0. The number of fused-ring (bicyclic) bond motifs is 4. The fourth-order valence-corrected chi connectivity index (χ4v) is 7.60. The number of hydrogen-bond acceptors (Lipinski definition) is 5. The maximum atomic E-state index is 14.5. The third-order valence-electron chi connectivity index (χ3n) is 10.1. The molecule has 7 heteroatoms. The van der Waals surface area contributed by atoms with Crippen molar-refractivity contribution in [2.45, 2.75) is 6.23 Å². The Morgan fingerprint density at radius 1 is 0.463 bits per heavy atom. The first-order valence-electron chi connectivity index (χ1n) is 17.8. The molecule has 2 aromatic heterocycles. The molecular weight excluding hydrogens is 667 g/mol. The molecule has 3 heterocycles. The largest absolute Gasteiger partial charge is 0.369 e. The monoisotopic (exact) mass is 697 g/mol. The van der Waals surface area contributed by atoms with Crippen molar-refractivity contribution in [1.29, 1.82) is 0 Å². The standard InChI is InChI=1S/C47H31N5O2/c53-46-37-23-13-25-41(42(37)47(54)51(46)35-21-12-20-33(28-35)30-14-4-1-5-15-30)52-39-24-11-10-22-36(39)38-29-34(26-27-40(38)52)45-49-43(31-16-6-2-7-17-31)48-44(50-45)32-18-8-3-9-19-32/h1-29,46,53H. The number of anilines is 1. The number of benzene rings is 7. The van der Waals surface area contributed by atoms with Crippen molar-refractivity contribution in [2.24, 2.45) is 0 Å². The van der Waals surface area contributed by atoms with Gasteiger partial charge in [0.05, 0.1) is 22.3 Å². The zero-order chi connectivity index (χ0) is 36.2. The lowest BCUT2D eigenvalue weighted by Crippen LogP contribution is -2.27. The maximum absolute atomic E-state index is 14.5. The molecule has 7 aromatic carbocycles. The van der Waals surface area contributed by atoms with Gasteiger partial charge in [0.15, 0.2) is 23.7 Å². The molecule has 1 N–H and O–H groups in total. The van der Waals surface area contributed by atoms with E-state index >= 15 is 0 Å². The number of hydrogen-bond donors (Lipinski definition) is 1. The third-order valence-corrected chi connectivity index (χ3v) is 10.1. The average molecular weight is 698 g/mol. The molecule has 0 aliphatic carbocycles. The maximum Gasteiger partial charge on any atom is 0.263 e. The minimum absolute atomic E-state index is 0.257. The summed E-state index contributed by atoms with van der Waals surface area (Å²) in [6.45, 7) is 0. The van der Waals surface area contributed by atoms with E-state index in [9.17, 15) is 9.90 Å². The number of amides is 1. The van der Waals surface area contributed by atoms with Gasteiger partial charge in [-0.05, 0) is 53.6 Å². The van der Waals surface area contributed by atoms with Crippen molar-refractivity contribution in [3.05, 3.63) is 187 Å². The predicted octanol–water partition coefficient (Wildman–Crippen LogP) is 10.3. The summed E-state index contributed by atoms with van der Waals surface area (Å²) in [4.78, 5) is 30.8. The average Bonchev–Trinajstić information content (AvgIpc) is 3.71. The van der Waals surface area contributed by atoms with Crippen LogP contribution < -0.4 is 4.90 Å². The van der Waals surface area contributed by atoms with Crippen LogP contribution in [0.15, 0.2) is 176 Å². The Kier molecular flexibility index (Phi) is 7.45. The lowest BCUT2D eigenvalue weighted by Gasteiger charge is -2.21. The molecule has 9 aromatic rings.